The molecule has 0 bridgehead atoms. The molecule has 1 amide bonds. The third kappa shape index (κ3) is 2.83. The van der Waals surface area contributed by atoms with Gasteiger partial charge in [-0.05, 0) is 43.7 Å². The third-order valence-electron chi connectivity index (χ3n) is 2.97. The summed E-state index contributed by atoms with van der Waals surface area (Å²) in [5.41, 5.74) is 2.80. The molecule has 100 valence electrons. The molecule has 0 unspecified atom stereocenters. The van der Waals surface area contributed by atoms with Crippen LogP contribution in [0.5, 0.6) is 0 Å². The quantitative estimate of drug-likeness (QED) is 0.905. The van der Waals surface area contributed by atoms with E-state index >= 15 is 0 Å². The molecule has 2 rings (SSSR count). The number of nitrogens with zero attached hydrogens (tertiary/aromatic N) is 1. The first-order valence-corrected chi connectivity index (χ1v) is 6.09. The lowest BCUT2D eigenvalue weighted by Gasteiger charge is -2.09. The molecule has 0 aliphatic carbocycles. The number of hydrogen-bond donors (Lipinski definition) is 1. The number of halogens is 1. The third-order valence-corrected chi connectivity index (χ3v) is 2.97. The van der Waals surface area contributed by atoms with E-state index in [-0.39, 0.29) is 11.5 Å². The molecular formula is C16H13FN2O. The van der Waals surface area contributed by atoms with Gasteiger partial charge in [0.15, 0.2) is 0 Å². The van der Waals surface area contributed by atoms with Gasteiger partial charge in [-0.3, -0.25) is 4.79 Å². The Bertz CT molecular complexity index is 717. The van der Waals surface area contributed by atoms with Crippen molar-refractivity contribution < 1.29 is 9.18 Å². The molecule has 4 heteroatoms. The number of nitriles is 1. The zero-order chi connectivity index (χ0) is 14.7. The second kappa shape index (κ2) is 5.54. The van der Waals surface area contributed by atoms with Crippen molar-refractivity contribution in [2.45, 2.75) is 13.8 Å². The van der Waals surface area contributed by atoms with Crippen LogP contribution < -0.4 is 5.32 Å². The summed E-state index contributed by atoms with van der Waals surface area (Å²) in [6.07, 6.45) is 0. The summed E-state index contributed by atoms with van der Waals surface area (Å²) in [4.78, 5) is 12.1. The zero-order valence-electron chi connectivity index (χ0n) is 11.2. The van der Waals surface area contributed by atoms with E-state index in [9.17, 15) is 9.18 Å². The highest BCUT2D eigenvalue weighted by Crippen LogP contribution is 2.17. The van der Waals surface area contributed by atoms with E-state index in [2.05, 4.69) is 5.32 Å². The van der Waals surface area contributed by atoms with Crippen LogP contribution >= 0.6 is 0 Å². The van der Waals surface area contributed by atoms with E-state index in [1.54, 1.807) is 12.1 Å². The van der Waals surface area contributed by atoms with Gasteiger partial charge in [-0.15, -0.1) is 0 Å². The second-order valence-electron chi connectivity index (χ2n) is 4.58. The Morgan fingerprint density at radius 1 is 1.20 bits per heavy atom. The number of aryl methyl sites for hydroxylation is 2. The van der Waals surface area contributed by atoms with Crippen LogP contribution in [-0.2, 0) is 0 Å². The molecule has 0 fully saturated rings. The molecule has 0 aromatic heterocycles. The van der Waals surface area contributed by atoms with Crippen LogP contribution in [0.2, 0.25) is 0 Å². The normalized spacial score (nSPS) is 9.90. The molecule has 0 saturated carbocycles. The van der Waals surface area contributed by atoms with Crippen molar-refractivity contribution in [3.05, 3.63) is 64.5 Å². The van der Waals surface area contributed by atoms with Crippen molar-refractivity contribution in [1.29, 1.82) is 5.26 Å². The molecular weight excluding hydrogens is 255 g/mol. The number of benzene rings is 2. The van der Waals surface area contributed by atoms with Gasteiger partial charge in [0.1, 0.15) is 11.9 Å². The van der Waals surface area contributed by atoms with Crippen molar-refractivity contribution in [3.63, 3.8) is 0 Å². The molecule has 0 atom stereocenters. The largest absolute Gasteiger partial charge is 0.322 e. The van der Waals surface area contributed by atoms with Crippen molar-refractivity contribution in [1.82, 2.24) is 0 Å². The molecule has 0 heterocycles. The number of anilines is 1. The van der Waals surface area contributed by atoms with Gasteiger partial charge in [-0.2, -0.15) is 5.26 Å². The summed E-state index contributed by atoms with van der Waals surface area (Å²) in [7, 11) is 0. The van der Waals surface area contributed by atoms with Crippen LogP contribution in [0.15, 0.2) is 36.4 Å². The fourth-order valence-electron chi connectivity index (χ4n) is 1.96. The lowest BCUT2D eigenvalue weighted by molar-refractivity contribution is 0.102. The maximum Gasteiger partial charge on any atom is 0.255 e. The van der Waals surface area contributed by atoms with Gasteiger partial charge < -0.3 is 5.32 Å². The first-order valence-electron chi connectivity index (χ1n) is 6.09. The summed E-state index contributed by atoms with van der Waals surface area (Å²) in [5.74, 6) is -0.880. The minimum Gasteiger partial charge on any atom is -0.322 e. The number of hydrogen-bond acceptors (Lipinski definition) is 2. The first kappa shape index (κ1) is 13.8. The summed E-state index contributed by atoms with van der Waals surface area (Å²) in [5, 5.41) is 11.4. The lowest BCUT2D eigenvalue weighted by Crippen LogP contribution is -2.13. The lowest BCUT2D eigenvalue weighted by atomic mass is 10.1. The average molecular weight is 268 g/mol. The van der Waals surface area contributed by atoms with Crippen LogP contribution in [0.3, 0.4) is 0 Å². The minimum absolute atomic E-state index is 0.0940. The maximum absolute atomic E-state index is 13.2. The highest BCUT2D eigenvalue weighted by Gasteiger charge is 2.10. The fraction of sp³-hybridized carbons (Fsp3) is 0.125. The number of carbonyl (C=O) groups is 1. The van der Waals surface area contributed by atoms with Crippen molar-refractivity contribution in [3.8, 4) is 6.07 Å². The van der Waals surface area contributed by atoms with Gasteiger partial charge in [-0.25, -0.2) is 4.39 Å². The fourth-order valence-corrected chi connectivity index (χ4v) is 1.96. The summed E-state index contributed by atoms with van der Waals surface area (Å²) in [6.45, 7) is 3.81. The standard InChI is InChI=1S/C16H13FN2O/c1-10-3-5-14(11(2)7-10)16(20)19-13-4-6-15(17)12(8-13)9-18/h3-8H,1-2H3,(H,19,20). The van der Waals surface area contributed by atoms with Crippen LogP contribution in [0.25, 0.3) is 0 Å². The average Bonchev–Trinajstić information content (AvgIpc) is 2.40. The molecule has 0 radical (unpaired) electrons. The molecule has 1 N–H and O–H groups in total. The summed E-state index contributed by atoms with van der Waals surface area (Å²) < 4.78 is 13.2. The first-order chi connectivity index (χ1) is 9.51. The zero-order valence-corrected chi connectivity index (χ0v) is 11.2. The molecule has 2 aromatic carbocycles. The number of rotatable bonds is 2. The van der Waals surface area contributed by atoms with Crippen LogP contribution in [0.4, 0.5) is 10.1 Å². The Balaban J connectivity index is 2.26. The van der Waals surface area contributed by atoms with E-state index < -0.39 is 5.82 Å². The molecule has 3 nitrogen and oxygen atoms in total. The van der Waals surface area contributed by atoms with Gasteiger partial charge >= 0.3 is 0 Å². The van der Waals surface area contributed by atoms with Gasteiger partial charge in [-0.1, -0.05) is 17.7 Å². The molecule has 20 heavy (non-hydrogen) atoms. The highest BCUT2D eigenvalue weighted by atomic mass is 19.1. The summed E-state index contributed by atoms with van der Waals surface area (Å²) >= 11 is 0. The van der Waals surface area contributed by atoms with Gasteiger partial charge in [0.2, 0.25) is 0 Å². The molecule has 0 spiro atoms. The Labute approximate surface area is 116 Å². The van der Waals surface area contributed by atoms with Gasteiger partial charge in [0, 0.05) is 11.3 Å². The van der Waals surface area contributed by atoms with E-state index in [4.69, 9.17) is 5.26 Å². The van der Waals surface area contributed by atoms with Crippen molar-refractivity contribution in [2.75, 3.05) is 5.32 Å². The van der Waals surface area contributed by atoms with E-state index in [0.717, 1.165) is 17.2 Å². The van der Waals surface area contributed by atoms with Crippen LogP contribution in [0.1, 0.15) is 27.0 Å². The van der Waals surface area contributed by atoms with Gasteiger partial charge in [0.05, 0.1) is 5.56 Å². The van der Waals surface area contributed by atoms with Crippen molar-refractivity contribution >= 4 is 11.6 Å². The monoisotopic (exact) mass is 268 g/mol. The number of nitrogens with one attached hydrogen (secondary N) is 1. The summed E-state index contributed by atoms with van der Waals surface area (Å²) in [6, 6.07) is 11.2. The van der Waals surface area contributed by atoms with Crippen molar-refractivity contribution in [2.24, 2.45) is 0 Å². The Morgan fingerprint density at radius 2 is 1.95 bits per heavy atom. The number of amides is 1. The Morgan fingerprint density at radius 3 is 2.60 bits per heavy atom. The van der Waals surface area contributed by atoms with Crippen LogP contribution in [0, 0.1) is 31.0 Å². The molecule has 0 saturated heterocycles. The second-order valence-corrected chi connectivity index (χ2v) is 4.58. The topological polar surface area (TPSA) is 52.9 Å². The Kier molecular flexibility index (Phi) is 3.81. The maximum atomic E-state index is 13.2. The SMILES string of the molecule is Cc1ccc(C(=O)Nc2ccc(F)c(C#N)c2)c(C)c1. The molecule has 0 aliphatic rings. The molecule has 0 aliphatic heterocycles. The van der Waals surface area contributed by atoms with E-state index in [1.165, 1.54) is 12.1 Å². The number of carbonyl (C=O) groups excluding carboxylic acids is 1. The Hall–Kier alpha value is -2.67. The predicted molar refractivity (Wildman–Crippen MR) is 75.0 cm³/mol. The highest BCUT2D eigenvalue weighted by molar-refractivity contribution is 6.05. The minimum atomic E-state index is -0.600. The van der Waals surface area contributed by atoms with E-state index in [0.29, 0.717) is 11.3 Å². The predicted octanol–water partition coefficient (Wildman–Crippen LogP) is 3.57. The molecule has 2 aromatic rings. The van der Waals surface area contributed by atoms with Gasteiger partial charge in [0.25, 0.3) is 5.91 Å². The van der Waals surface area contributed by atoms with Crippen LogP contribution in [-0.4, -0.2) is 5.91 Å². The smallest absolute Gasteiger partial charge is 0.255 e. The van der Waals surface area contributed by atoms with E-state index in [1.807, 2.05) is 26.0 Å².